The van der Waals surface area contributed by atoms with Gasteiger partial charge in [0.25, 0.3) is 0 Å². The molecule has 1 rings (SSSR count). The van der Waals surface area contributed by atoms with Gasteiger partial charge in [-0.15, -0.1) is 0 Å². The number of rotatable bonds is 5. The Labute approximate surface area is 104 Å². The minimum absolute atomic E-state index is 0.0408. The Morgan fingerprint density at radius 1 is 1.39 bits per heavy atom. The normalized spacial score (nSPS) is 13.7. The van der Waals surface area contributed by atoms with Gasteiger partial charge in [-0.1, -0.05) is 13.8 Å². The number of nitrogens with one attached hydrogen (secondary N) is 1. The molecule has 0 aliphatic heterocycles. The van der Waals surface area contributed by atoms with E-state index in [0.29, 0.717) is 12.5 Å². The molecule has 1 aromatic rings. The molecular weight excluding hydrogens is 245 g/mol. The van der Waals surface area contributed by atoms with Crippen LogP contribution in [-0.2, 0) is 6.18 Å². The minimum Gasteiger partial charge on any atom is -0.350 e. The Kier molecular flexibility index (Phi) is 4.89. The van der Waals surface area contributed by atoms with Crippen LogP contribution < -0.4 is 11.1 Å². The van der Waals surface area contributed by atoms with E-state index in [1.54, 1.807) is 0 Å². The number of aromatic nitrogens is 2. The minimum atomic E-state index is -4.46. The molecule has 0 radical (unpaired) electrons. The highest BCUT2D eigenvalue weighted by Crippen LogP contribution is 2.27. The van der Waals surface area contributed by atoms with E-state index in [1.165, 1.54) is 0 Å². The highest BCUT2D eigenvalue weighted by atomic mass is 19.4. The average molecular weight is 262 g/mol. The summed E-state index contributed by atoms with van der Waals surface area (Å²) in [6.07, 6.45) is -2.63. The zero-order valence-electron chi connectivity index (χ0n) is 10.3. The van der Waals surface area contributed by atoms with Crippen LogP contribution >= 0.6 is 0 Å². The smallest absolute Gasteiger partial charge is 0.350 e. The third-order valence-electron chi connectivity index (χ3n) is 2.32. The summed E-state index contributed by atoms with van der Waals surface area (Å²) in [7, 11) is 0. The number of hydrogen-bond acceptors (Lipinski definition) is 4. The molecule has 7 heteroatoms. The standard InChI is InChI=1S/C11H17F3N4/c1-7(2)5-8(6-15)17-10-16-4-3-9(18-10)11(12,13)14/h3-4,7-8H,5-6,15H2,1-2H3,(H,16,17,18). The summed E-state index contributed by atoms with van der Waals surface area (Å²) >= 11 is 0. The second kappa shape index (κ2) is 5.99. The molecule has 0 bridgehead atoms. The van der Waals surface area contributed by atoms with E-state index in [2.05, 4.69) is 15.3 Å². The number of hydrogen-bond donors (Lipinski definition) is 2. The Bertz CT molecular complexity index is 379. The summed E-state index contributed by atoms with van der Waals surface area (Å²) < 4.78 is 37.4. The molecule has 0 amide bonds. The lowest BCUT2D eigenvalue weighted by molar-refractivity contribution is -0.141. The fraction of sp³-hybridized carbons (Fsp3) is 0.636. The van der Waals surface area contributed by atoms with Crippen molar-refractivity contribution < 1.29 is 13.2 Å². The maximum Gasteiger partial charge on any atom is 0.433 e. The first-order chi connectivity index (χ1) is 8.32. The fourth-order valence-electron chi connectivity index (χ4n) is 1.55. The van der Waals surface area contributed by atoms with Gasteiger partial charge in [0.05, 0.1) is 0 Å². The summed E-state index contributed by atoms with van der Waals surface area (Å²) in [5.74, 6) is 0.345. The zero-order chi connectivity index (χ0) is 13.8. The van der Waals surface area contributed by atoms with Gasteiger partial charge in [0.2, 0.25) is 5.95 Å². The number of halogens is 3. The van der Waals surface area contributed by atoms with Crippen LogP contribution in [0.4, 0.5) is 19.1 Å². The van der Waals surface area contributed by atoms with Gasteiger partial charge in [0.1, 0.15) is 5.69 Å². The van der Waals surface area contributed by atoms with Crippen LogP contribution in [0.2, 0.25) is 0 Å². The topological polar surface area (TPSA) is 63.8 Å². The quantitative estimate of drug-likeness (QED) is 0.854. The molecule has 0 spiro atoms. The molecule has 0 saturated carbocycles. The monoisotopic (exact) mass is 262 g/mol. The fourth-order valence-corrected chi connectivity index (χ4v) is 1.55. The highest BCUT2D eigenvalue weighted by Gasteiger charge is 2.32. The van der Waals surface area contributed by atoms with Crippen molar-refractivity contribution in [2.45, 2.75) is 32.5 Å². The van der Waals surface area contributed by atoms with Crippen molar-refractivity contribution >= 4 is 5.95 Å². The predicted molar refractivity (Wildman–Crippen MR) is 63.0 cm³/mol. The summed E-state index contributed by atoms with van der Waals surface area (Å²) in [6, 6.07) is 0.707. The highest BCUT2D eigenvalue weighted by molar-refractivity contribution is 5.27. The van der Waals surface area contributed by atoms with Gasteiger partial charge in [-0.05, 0) is 18.4 Å². The SMILES string of the molecule is CC(C)CC(CN)Nc1nccc(C(F)(F)F)n1. The molecule has 0 saturated heterocycles. The van der Waals surface area contributed by atoms with Gasteiger partial charge in [0.15, 0.2) is 0 Å². The van der Waals surface area contributed by atoms with Gasteiger partial charge >= 0.3 is 6.18 Å². The molecule has 18 heavy (non-hydrogen) atoms. The Morgan fingerprint density at radius 2 is 2.06 bits per heavy atom. The largest absolute Gasteiger partial charge is 0.433 e. The van der Waals surface area contributed by atoms with Crippen LogP contribution in [0.1, 0.15) is 26.0 Å². The Hall–Kier alpha value is -1.37. The van der Waals surface area contributed by atoms with E-state index in [4.69, 9.17) is 5.73 Å². The number of alkyl halides is 3. The van der Waals surface area contributed by atoms with Crippen LogP contribution in [0.15, 0.2) is 12.3 Å². The molecule has 0 aliphatic carbocycles. The van der Waals surface area contributed by atoms with Gasteiger partial charge in [-0.2, -0.15) is 13.2 Å². The Morgan fingerprint density at radius 3 is 2.56 bits per heavy atom. The molecule has 0 aliphatic rings. The molecule has 0 fully saturated rings. The van der Waals surface area contributed by atoms with E-state index in [9.17, 15) is 13.2 Å². The van der Waals surface area contributed by atoms with E-state index in [-0.39, 0.29) is 12.0 Å². The van der Waals surface area contributed by atoms with Gasteiger partial charge in [-0.25, -0.2) is 9.97 Å². The molecule has 4 nitrogen and oxygen atoms in total. The number of nitrogens with two attached hydrogens (primary N) is 1. The predicted octanol–water partition coefficient (Wildman–Crippen LogP) is 2.28. The maximum absolute atomic E-state index is 12.5. The van der Waals surface area contributed by atoms with Crippen molar-refractivity contribution in [2.24, 2.45) is 11.7 Å². The van der Waals surface area contributed by atoms with Crippen LogP contribution in [0.3, 0.4) is 0 Å². The van der Waals surface area contributed by atoms with Crippen molar-refractivity contribution in [1.29, 1.82) is 0 Å². The molecule has 102 valence electrons. The molecule has 0 aromatic carbocycles. The van der Waals surface area contributed by atoms with Crippen molar-refractivity contribution in [1.82, 2.24) is 9.97 Å². The van der Waals surface area contributed by atoms with E-state index in [0.717, 1.165) is 18.7 Å². The van der Waals surface area contributed by atoms with Crippen molar-refractivity contribution in [3.05, 3.63) is 18.0 Å². The van der Waals surface area contributed by atoms with Crippen LogP contribution in [-0.4, -0.2) is 22.6 Å². The Balaban J connectivity index is 2.78. The first-order valence-electron chi connectivity index (χ1n) is 5.69. The first-order valence-corrected chi connectivity index (χ1v) is 5.69. The summed E-state index contributed by atoms with van der Waals surface area (Å²) in [6.45, 7) is 4.34. The lowest BCUT2D eigenvalue weighted by atomic mass is 10.0. The van der Waals surface area contributed by atoms with Crippen molar-refractivity contribution in [2.75, 3.05) is 11.9 Å². The van der Waals surface area contributed by atoms with Crippen molar-refractivity contribution in [3.8, 4) is 0 Å². The first kappa shape index (κ1) is 14.7. The molecule has 1 heterocycles. The van der Waals surface area contributed by atoms with Gasteiger partial charge in [0, 0.05) is 18.8 Å². The maximum atomic E-state index is 12.5. The number of nitrogens with zero attached hydrogens (tertiary/aromatic N) is 2. The summed E-state index contributed by atoms with van der Waals surface area (Å²) in [5.41, 5.74) is 4.59. The average Bonchev–Trinajstić information content (AvgIpc) is 2.26. The van der Waals surface area contributed by atoms with Crippen LogP contribution in [0.5, 0.6) is 0 Å². The lowest BCUT2D eigenvalue weighted by Crippen LogP contribution is -2.31. The third kappa shape index (κ3) is 4.48. The van der Waals surface area contributed by atoms with Crippen LogP contribution in [0.25, 0.3) is 0 Å². The number of anilines is 1. The van der Waals surface area contributed by atoms with E-state index < -0.39 is 11.9 Å². The zero-order valence-corrected chi connectivity index (χ0v) is 10.3. The lowest BCUT2D eigenvalue weighted by Gasteiger charge is -2.19. The third-order valence-corrected chi connectivity index (χ3v) is 2.32. The molecule has 1 aromatic heterocycles. The molecular formula is C11H17F3N4. The second-order valence-corrected chi connectivity index (χ2v) is 4.47. The van der Waals surface area contributed by atoms with E-state index >= 15 is 0 Å². The molecule has 3 N–H and O–H groups in total. The summed E-state index contributed by atoms with van der Waals surface area (Å²) in [5, 5.41) is 2.83. The van der Waals surface area contributed by atoms with Crippen molar-refractivity contribution in [3.63, 3.8) is 0 Å². The molecule has 1 unspecified atom stereocenters. The molecule has 1 atom stereocenters. The second-order valence-electron chi connectivity index (χ2n) is 4.47. The van der Waals surface area contributed by atoms with Gasteiger partial charge in [-0.3, -0.25) is 0 Å². The van der Waals surface area contributed by atoms with Crippen LogP contribution in [0, 0.1) is 5.92 Å². The van der Waals surface area contributed by atoms with E-state index in [1.807, 2.05) is 13.8 Å². The summed E-state index contributed by atoms with van der Waals surface area (Å²) in [4.78, 5) is 7.21. The van der Waals surface area contributed by atoms with Gasteiger partial charge < -0.3 is 11.1 Å².